The highest BCUT2D eigenvalue weighted by Gasteiger charge is 2.46. The minimum Gasteiger partial charge on any atom is -0.294 e. The number of hydrogen-bond acceptors (Lipinski definition) is 6. The number of benzene rings is 1. The van der Waals surface area contributed by atoms with Crippen LogP contribution < -0.4 is 16.1 Å². The van der Waals surface area contributed by atoms with Gasteiger partial charge in [0.15, 0.2) is 0 Å². The Morgan fingerprint density at radius 2 is 1.73 bits per heavy atom. The maximum atomic E-state index is 12.9. The molecule has 11 heteroatoms. The zero-order chi connectivity index (χ0) is 21.7. The fourth-order valence-corrected chi connectivity index (χ4v) is 5.77. The van der Waals surface area contributed by atoms with Gasteiger partial charge in [-0.15, -0.1) is 0 Å². The molecular weight excluding hydrogens is 419 g/mol. The van der Waals surface area contributed by atoms with Crippen LogP contribution in [0.15, 0.2) is 24.3 Å². The van der Waals surface area contributed by atoms with Crippen LogP contribution in [-0.2, 0) is 16.2 Å². The summed E-state index contributed by atoms with van der Waals surface area (Å²) in [5.41, 5.74) is 3.48. The number of halogens is 3. The predicted octanol–water partition coefficient (Wildman–Crippen LogP) is 1.12. The molecule has 5 unspecified atom stereocenters. The van der Waals surface area contributed by atoms with Crippen LogP contribution >= 0.6 is 0 Å². The lowest BCUT2D eigenvalue weighted by molar-refractivity contribution is -0.137. The van der Waals surface area contributed by atoms with Crippen LogP contribution in [-0.4, -0.2) is 68.8 Å². The first kappa shape index (κ1) is 22.0. The second-order valence-corrected chi connectivity index (χ2v) is 10.5. The molecule has 1 aromatic rings. The average Bonchev–Trinajstić information content (AvgIpc) is 3.11. The van der Waals surface area contributed by atoms with Crippen molar-refractivity contribution in [2.75, 3.05) is 32.9 Å². The number of sulfonamides is 1. The number of alkyl halides is 3. The van der Waals surface area contributed by atoms with Crippen molar-refractivity contribution in [3.63, 3.8) is 0 Å². The molecule has 1 aromatic carbocycles. The monoisotopic (exact) mass is 447 g/mol. The quantitative estimate of drug-likeness (QED) is 0.645. The third-order valence-corrected chi connectivity index (χ3v) is 7.74. The molecule has 3 aliphatic heterocycles. The van der Waals surface area contributed by atoms with Crippen molar-refractivity contribution < 1.29 is 21.6 Å². The standard InChI is InChI=1S/C19H28F3N5O2S/c1-26-9-8-15(25-26)17-14-7-10-27(30(2,28)29)11-16(14)23-18(24-17)12-3-5-13(6-4-12)19(20,21)22/h3-6,14-18,23-25H,7-11H2,1-2H3. The Labute approximate surface area is 175 Å². The number of rotatable bonds is 3. The third kappa shape index (κ3) is 4.51. The number of hydrogen-bond donors (Lipinski definition) is 3. The summed E-state index contributed by atoms with van der Waals surface area (Å²) < 4.78 is 64.5. The first-order chi connectivity index (χ1) is 14.0. The summed E-state index contributed by atoms with van der Waals surface area (Å²) in [5, 5.41) is 9.09. The van der Waals surface area contributed by atoms with E-state index in [1.807, 2.05) is 12.1 Å². The Hall–Kier alpha value is -1.24. The normalized spacial score (nSPS) is 34.1. The summed E-state index contributed by atoms with van der Waals surface area (Å²) in [4.78, 5) is 0. The summed E-state index contributed by atoms with van der Waals surface area (Å²) in [5.74, 6) is 0.220. The van der Waals surface area contributed by atoms with E-state index in [1.54, 1.807) is 0 Å². The zero-order valence-corrected chi connectivity index (χ0v) is 17.8. The molecule has 3 heterocycles. The molecule has 0 radical (unpaired) electrons. The van der Waals surface area contributed by atoms with E-state index in [4.69, 9.17) is 0 Å². The maximum absolute atomic E-state index is 12.9. The molecule has 7 nitrogen and oxygen atoms in total. The lowest BCUT2D eigenvalue weighted by Crippen LogP contribution is -2.68. The summed E-state index contributed by atoms with van der Waals surface area (Å²) in [6.07, 6.45) is -1.84. The SMILES string of the molecule is CN1CCC(C2NC(c3ccc(C(F)(F)F)cc3)NC3CN(S(C)(=O)=O)CCC32)N1. The van der Waals surface area contributed by atoms with Crippen LogP contribution in [0.1, 0.15) is 30.1 Å². The predicted molar refractivity (Wildman–Crippen MR) is 107 cm³/mol. The molecule has 3 aliphatic rings. The van der Waals surface area contributed by atoms with Crippen LogP contribution in [0, 0.1) is 5.92 Å². The van der Waals surface area contributed by atoms with Gasteiger partial charge >= 0.3 is 6.18 Å². The Kier molecular flexibility index (Phi) is 5.88. The molecule has 0 aromatic heterocycles. The Morgan fingerprint density at radius 1 is 1.03 bits per heavy atom. The van der Waals surface area contributed by atoms with Gasteiger partial charge in [0.25, 0.3) is 0 Å². The highest BCUT2D eigenvalue weighted by Crippen LogP contribution is 2.34. The van der Waals surface area contributed by atoms with E-state index in [9.17, 15) is 21.6 Å². The van der Waals surface area contributed by atoms with Crippen molar-refractivity contribution in [3.8, 4) is 0 Å². The van der Waals surface area contributed by atoms with Gasteiger partial charge in [0.05, 0.1) is 18.0 Å². The van der Waals surface area contributed by atoms with Gasteiger partial charge in [0, 0.05) is 44.8 Å². The first-order valence-corrected chi connectivity index (χ1v) is 12.0. The summed E-state index contributed by atoms with van der Waals surface area (Å²) in [6.45, 7) is 1.75. The molecule has 3 saturated heterocycles. The van der Waals surface area contributed by atoms with E-state index < -0.39 is 21.8 Å². The molecule has 0 spiro atoms. The molecular formula is C19H28F3N5O2S. The van der Waals surface area contributed by atoms with Crippen molar-refractivity contribution >= 4 is 10.0 Å². The molecule has 0 amide bonds. The fourth-order valence-electron chi connectivity index (χ4n) is 4.90. The lowest BCUT2D eigenvalue weighted by atomic mass is 9.79. The van der Waals surface area contributed by atoms with Gasteiger partial charge in [0.1, 0.15) is 0 Å². The van der Waals surface area contributed by atoms with Gasteiger partial charge < -0.3 is 0 Å². The van der Waals surface area contributed by atoms with E-state index in [1.165, 1.54) is 22.7 Å². The molecule has 3 N–H and O–H groups in total. The van der Waals surface area contributed by atoms with Crippen LogP contribution in [0.4, 0.5) is 13.2 Å². The van der Waals surface area contributed by atoms with E-state index in [-0.39, 0.29) is 30.2 Å². The molecule has 3 fully saturated rings. The molecule has 0 saturated carbocycles. The van der Waals surface area contributed by atoms with E-state index >= 15 is 0 Å². The Morgan fingerprint density at radius 3 is 2.30 bits per heavy atom. The van der Waals surface area contributed by atoms with Gasteiger partial charge in [0.2, 0.25) is 10.0 Å². The average molecular weight is 448 g/mol. The van der Waals surface area contributed by atoms with Crippen molar-refractivity contribution in [3.05, 3.63) is 35.4 Å². The Balaban J connectivity index is 1.59. The number of piperidine rings is 1. The molecule has 0 bridgehead atoms. The van der Waals surface area contributed by atoms with Crippen LogP contribution in [0.2, 0.25) is 0 Å². The topological polar surface area (TPSA) is 76.7 Å². The smallest absolute Gasteiger partial charge is 0.294 e. The fraction of sp³-hybridized carbons (Fsp3) is 0.684. The first-order valence-electron chi connectivity index (χ1n) is 10.1. The number of hydrazine groups is 1. The molecule has 0 aliphatic carbocycles. The van der Waals surface area contributed by atoms with Crippen molar-refractivity contribution in [2.45, 2.75) is 43.3 Å². The number of nitrogens with zero attached hydrogens (tertiary/aromatic N) is 2. The highest BCUT2D eigenvalue weighted by molar-refractivity contribution is 7.88. The largest absolute Gasteiger partial charge is 0.416 e. The lowest BCUT2D eigenvalue weighted by Gasteiger charge is -2.50. The van der Waals surface area contributed by atoms with Crippen LogP contribution in [0.3, 0.4) is 0 Å². The van der Waals surface area contributed by atoms with Crippen molar-refractivity contribution in [1.29, 1.82) is 0 Å². The summed E-state index contributed by atoms with van der Waals surface area (Å²) in [6, 6.07) is 5.32. The minimum absolute atomic E-state index is 0.0789. The van der Waals surface area contributed by atoms with Gasteiger partial charge in [-0.25, -0.2) is 17.7 Å². The van der Waals surface area contributed by atoms with Crippen molar-refractivity contribution in [1.82, 2.24) is 25.4 Å². The minimum atomic E-state index is -4.38. The second kappa shape index (κ2) is 8.03. The molecule has 168 valence electrons. The Bertz CT molecular complexity index is 864. The highest BCUT2D eigenvalue weighted by atomic mass is 32.2. The van der Waals surface area contributed by atoms with Gasteiger partial charge in [-0.3, -0.25) is 16.1 Å². The summed E-state index contributed by atoms with van der Waals surface area (Å²) in [7, 11) is -1.32. The van der Waals surface area contributed by atoms with Gasteiger partial charge in [-0.2, -0.15) is 13.2 Å². The van der Waals surface area contributed by atoms with E-state index in [0.717, 1.165) is 31.5 Å². The van der Waals surface area contributed by atoms with Gasteiger partial charge in [-0.05, 0) is 36.5 Å². The zero-order valence-electron chi connectivity index (χ0n) is 17.0. The maximum Gasteiger partial charge on any atom is 0.416 e. The van der Waals surface area contributed by atoms with E-state index in [2.05, 4.69) is 16.1 Å². The molecule has 30 heavy (non-hydrogen) atoms. The number of nitrogens with one attached hydrogen (secondary N) is 3. The molecule has 4 rings (SSSR count). The molecule has 5 atom stereocenters. The van der Waals surface area contributed by atoms with Crippen molar-refractivity contribution in [2.24, 2.45) is 5.92 Å². The summed E-state index contributed by atoms with van der Waals surface area (Å²) >= 11 is 0. The van der Waals surface area contributed by atoms with E-state index in [0.29, 0.717) is 18.7 Å². The van der Waals surface area contributed by atoms with Crippen LogP contribution in [0.25, 0.3) is 0 Å². The second-order valence-electron chi connectivity index (χ2n) is 8.54. The third-order valence-electron chi connectivity index (χ3n) is 6.47. The number of fused-ring (bicyclic) bond motifs is 1. The van der Waals surface area contributed by atoms with Gasteiger partial charge in [-0.1, -0.05) is 12.1 Å². The van der Waals surface area contributed by atoms with Crippen LogP contribution in [0.5, 0.6) is 0 Å².